The third kappa shape index (κ3) is 3.00. The molecule has 0 aliphatic rings. The van der Waals surface area contributed by atoms with E-state index in [1.165, 1.54) is 0 Å². The highest BCUT2D eigenvalue weighted by molar-refractivity contribution is 6.31. The van der Waals surface area contributed by atoms with Gasteiger partial charge in [0.15, 0.2) is 0 Å². The summed E-state index contributed by atoms with van der Waals surface area (Å²) in [5.41, 5.74) is 2.31. The molecule has 0 saturated heterocycles. The molecule has 0 saturated carbocycles. The number of aromatic nitrogens is 2. The molecule has 1 N–H and O–H groups in total. The molecule has 23 heavy (non-hydrogen) atoms. The Bertz CT molecular complexity index is 860. The highest BCUT2D eigenvalue weighted by atomic mass is 35.5. The second-order valence-corrected chi connectivity index (χ2v) is 5.59. The van der Waals surface area contributed by atoms with Crippen molar-refractivity contribution in [2.75, 3.05) is 12.4 Å². The molecule has 2 aromatic carbocycles. The van der Waals surface area contributed by atoms with E-state index in [0.29, 0.717) is 16.5 Å². The summed E-state index contributed by atoms with van der Waals surface area (Å²) >= 11 is 5.99. The number of fused-ring (bicyclic) bond motifs is 1. The summed E-state index contributed by atoms with van der Waals surface area (Å²) in [7, 11) is 1.55. The first-order valence-corrected chi connectivity index (χ1v) is 7.54. The van der Waals surface area contributed by atoms with Gasteiger partial charge in [0.25, 0.3) is 0 Å². The van der Waals surface area contributed by atoms with Crippen LogP contribution in [0.1, 0.15) is 13.0 Å². The van der Waals surface area contributed by atoms with E-state index in [0.717, 1.165) is 11.0 Å². The van der Waals surface area contributed by atoms with Crippen LogP contribution in [0.4, 0.5) is 5.69 Å². The van der Waals surface area contributed by atoms with E-state index < -0.39 is 6.04 Å². The van der Waals surface area contributed by atoms with Crippen LogP contribution in [0.15, 0.2) is 48.8 Å². The maximum absolute atomic E-state index is 12.6. The number of imidazole rings is 1. The summed E-state index contributed by atoms with van der Waals surface area (Å²) in [6.07, 6.45) is 1.67. The highest BCUT2D eigenvalue weighted by Crippen LogP contribution is 2.28. The van der Waals surface area contributed by atoms with Gasteiger partial charge in [-0.05, 0) is 37.3 Å². The maximum atomic E-state index is 12.6. The van der Waals surface area contributed by atoms with Crippen LogP contribution in [0.5, 0.6) is 5.75 Å². The van der Waals surface area contributed by atoms with E-state index in [2.05, 4.69) is 10.3 Å². The molecular weight excluding hydrogens is 314 g/mol. The second-order valence-electron chi connectivity index (χ2n) is 5.15. The molecule has 0 fully saturated rings. The van der Waals surface area contributed by atoms with E-state index in [4.69, 9.17) is 16.3 Å². The lowest BCUT2D eigenvalue weighted by Crippen LogP contribution is -2.23. The van der Waals surface area contributed by atoms with Crippen LogP contribution >= 0.6 is 11.6 Å². The quantitative estimate of drug-likeness (QED) is 0.789. The fourth-order valence-corrected chi connectivity index (χ4v) is 2.60. The van der Waals surface area contributed by atoms with Gasteiger partial charge < -0.3 is 14.6 Å². The van der Waals surface area contributed by atoms with Gasteiger partial charge in [-0.2, -0.15) is 0 Å². The first-order chi connectivity index (χ1) is 11.1. The van der Waals surface area contributed by atoms with Crippen LogP contribution < -0.4 is 10.1 Å². The van der Waals surface area contributed by atoms with E-state index >= 15 is 0 Å². The number of hydrogen-bond donors (Lipinski definition) is 1. The van der Waals surface area contributed by atoms with Crippen molar-refractivity contribution in [1.29, 1.82) is 0 Å². The number of halogens is 1. The zero-order valence-corrected chi connectivity index (χ0v) is 13.5. The Morgan fingerprint density at radius 1 is 1.30 bits per heavy atom. The number of nitrogens with one attached hydrogen (secondary N) is 1. The highest BCUT2D eigenvalue weighted by Gasteiger charge is 2.18. The Morgan fingerprint density at radius 3 is 2.87 bits per heavy atom. The van der Waals surface area contributed by atoms with Crippen LogP contribution in [-0.2, 0) is 4.79 Å². The number of rotatable bonds is 4. The van der Waals surface area contributed by atoms with Crippen LogP contribution in [0.2, 0.25) is 5.02 Å². The molecule has 1 amide bonds. The molecule has 0 aliphatic heterocycles. The van der Waals surface area contributed by atoms with E-state index in [9.17, 15) is 4.79 Å². The molecule has 0 spiro atoms. The maximum Gasteiger partial charge on any atom is 0.247 e. The monoisotopic (exact) mass is 329 g/mol. The van der Waals surface area contributed by atoms with Crippen molar-refractivity contribution in [3.63, 3.8) is 0 Å². The van der Waals surface area contributed by atoms with Crippen molar-refractivity contribution < 1.29 is 9.53 Å². The Morgan fingerprint density at radius 2 is 2.09 bits per heavy atom. The molecule has 1 atom stereocenters. The number of ether oxygens (including phenoxy) is 1. The molecule has 6 heteroatoms. The van der Waals surface area contributed by atoms with Gasteiger partial charge in [-0.3, -0.25) is 4.79 Å². The summed E-state index contributed by atoms with van der Waals surface area (Å²) in [5.74, 6) is 0.388. The number of carbonyl (C=O) groups is 1. The molecule has 1 aromatic heterocycles. The van der Waals surface area contributed by atoms with Crippen LogP contribution in [-0.4, -0.2) is 22.6 Å². The lowest BCUT2D eigenvalue weighted by Gasteiger charge is -2.16. The normalized spacial score (nSPS) is 12.1. The van der Waals surface area contributed by atoms with Crippen LogP contribution in [0.3, 0.4) is 0 Å². The molecule has 0 radical (unpaired) electrons. The van der Waals surface area contributed by atoms with Gasteiger partial charge in [-0.1, -0.05) is 23.7 Å². The van der Waals surface area contributed by atoms with Gasteiger partial charge in [0.05, 0.1) is 30.2 Å². The van der Waals surface area contributed by atoms with Gasteiger partial charge in [0.1, 0.15) is 11.8 Å². The largest absolute Gasteiger partial charge is 0.495 e. The molecule has 1 heterocycles. The predicted molar refractivity (Wildman–Crippen MR) is 91.1 cm³/mol. The summed E-state index contributed by atoms with van der Waals surface area (Å²) in [5, 5.41) is 3.39. The van der Waals surface area contributed by atoms with Crippen LogP contribution in [0, 0.1) is 0 Å². The van der Waals surface area contributed by atoms with Crippen molar-refractivity contribution in [2.24, 2.45) is 0 Å². The first kappa shape index (κ1) is 15.4. The van der Waals surface area contributed by atoms with Gasteiger partial charge in [0, 0.05) is 5.02 Å². The van der Waals surface area contributed by atoms with Gasteiger partial charge in [-0.15, -0.1) is 0 Å². The lowest BCUT2D eigenvalue weighted by molar-refractivity contribution is -0.118. The Hall–Kier alpha value is -2.53. The number of nitrogens with zero attached hydrogens (tertiary/aromatic N) is 2. The number of methoxy groups -OCH3 is 1. The molecule has 1 unspecified atom stereocenters. The Kier molecular flexibility index (Phi) is 4.21. The molecule has 3 rings (SSSR count). The number of para-hydroxylation sites is 2. The van der Waals surface area contributed by atoms with Crippen molar-refractivity contribution in [2.45, 2.75) is 13.0 Å². The van der Waals surface area contributed by atoms with Gasteiger partial charge in [-0.25, -0.2) is 4.98 Å². The van der Waals surface area contributed by atoms with Crippen molar-refractivity contribution in [3.05, 3.63) is 53.8 Å². The number of amides is 1. The fraction of sp³-hybridized carbons (Fsp3) is 0.176. The van der Waals surface area contributed by atoms with Gasteiger partial charge in [0.2, 0.25) is 5.91 Å². The predicted octanol–water partition coefficient (Wildman–Crippen LogP) is 3.90. The average Bonchev–Trinajstić information content (AvgIpc) is 2.98. The molecule has 5 nitrogen and oxygen atoms in total. The van der Waals surface area contributed by atoms with E-state index in [-0.39, 0.29) is 5.91 Å². The smallest absolute Gasteiger partial charge is 0.247 e. The van der Waals surface area contributed by atoms with Crippen LogP contribution in [0.25, 0.3) is 11.0 Å². The minimum Gasteiger partial charge on any atom is -0.495 e. The first-order valence-electron chi connectivity index (χ1n) is 7.16. The summed E-state index contributed by atoms with van der Waals surface area (Å²) < 4.78 is 7.08. The zero-order valence-electron chi connectivity index (χ0n) is 12.8. The van der Waals surface area contributed by atoms with Crippen molar-refractivity contribution in [3.8, 4) is 5.75 Å². The average molecular weight is 330 g/mol. The van der Waals surface area contributed by atoms with Crippen molar-refractivity contribution in [1.82, 2.24) is 9.55 Å². The minimum absolute atomic E-state index is 0.172. The summed E-state index contributed by atoms with van der Waals surface area (Å²) in [6.45, 7) is 1.82. The number of benzene rings is 2. The minimum atomic E-state index is -0.425. The SMILES string of the molecule is COc1ccc(Cl)cc1NC(=O)C(C)n1cnc2ccccc21. The zero-order chi connectivity index (χ0) is 16.4. The van der Waals surface area contributed by atoms with Gasteiger partial charge >= 0.3 is 0 Å². The fourth-order valence-electron chi connectivity index (χ4n) is 2.43. The number of hydrogen-bond acceptors (Lipinski definition) is 3. The van der Waals surface area contributed by atoms with Crippen molar-refractivity contribution >= 4 is 34.2 Å². The third-order valence-electron chi connectivity index (χ3n) is 3.70. The van der Waals surface area contributed by atoms with E-state index in [1.54, 1.807) is 31.6 Å². The topological polar surface area (TPSA) is 56.1 Å². The summed E-state index contributed by atoms with van der Waals surface area (Å²) in [4.78, 5) is 16.9. The van der Waals surface area contributed by atoms with E-state index in [1.807, 2.05) is 35.8 Å². The number of anilines is 1. The third-order valence-corrected chi connectivity index (χ3v) is 3.93. The Labute approximate surface area is 138 Å². The number of carbonyl (C=O) groups excluding carboxylic acids is 1. The Balaban J connectivity index is 1.87. The molecular formula is C17H16ClN3O2. The molecule has 0 aliphatic carbocycles. The molecule has 3 aromatic rings. The molecule has 118 valence electrons. The second kappa shape index (κ2) is 6.30. The molecule has 0 bridgehead atoms. The lowest BCUT2D eigenvalue weighted by atomic mass is 10.2. The standard InChI is InChI=1S/C17H16ClN3O2/c1-11(21-10-19-13-5-3-4-6-15(13)21)17(22)20-14-9-12(18)7-8-16(14)23-2/h3-11H,1-2H3,(H,20,22). The summed E-state index contributed by atoms with van der Waals surface area (Å²) in [6, 6.07) is 12.4.